The third-order valence-electron chi connectivity index (χ3n) is 3.37. The second kappa shape index (κ2) is 1.94. The molecule has 1 aromatic carbocycles. The first-order valence-corrected chi connectivity index (χ1v) is 4.62. The van der Waals surface area contributed by atoms with Gasteiger partial charge in [0, 0.05) is 6.42 Å². The van der Waals surface area contributed by atoms with E-state index in [1.807, 2.05) is 0 Å². The van der Waals surface area contributed by atoms with Crippen LogP contribution in [0.15, 0.2) is 24.3 Å². The van der Waals surface area contributed by atoms with Crippen molar-refractivity contribution in [1.29, 1.82) is 0 Å². The Kier molecular flexibility index (Phi) is 1.12. The van der Waals surface area contributed by atoms with Gasteiger partial charge in [-0.1, -0.05) is 24.3 Å². The maximum Gasteiger partial charge on any atom is 0.139 e. The van der Waals surface area contributed by atoms with Gasteiger partial charge in [-0.25, -0.2) is 8.78 Å². The minimum Gasteiger partial charge on any atom is -0.239 e. The van der Waals surface area contributed by atoms with Crippen LogP contribution in [0.4, 0.5) is 8.78 Å². The maximum atomic E-state index is 14.1. The number of hydrogen-bond acceptors (Lipinski definition) is 0. The van der Waals surface area contributed by atoms with Crippen LogP contribution in [0, 0.1) is 0 Å². The van der Waals surface area contributed by atoms with Crippen molar-refractivity contribution in [3.63, 3.8) is 0 Å². The Morgan fingerprint density at radius 3 is 1.85 bits per heavy atom. The van der Waals surface area contributed by atoms with E-state index < -0.39 is 11.3 Å². The molecule has 0 amide bonds. The Labute approximate surface area is 75.6 Å². The zero-order valence-electron chi connectivity index (χ0n) is 7.19. The first kappa shape index (κ1) is 7.48. The van der Waals surface area contributed by atoms with Crippen molar-refractivity contribution in [1.82, 2.24) is 0 Å². The molecular formula is C11H10F2. The zero-order valence-corrected chi connectivity index (χ0v) is 7.19. The number of hydrogen-bond donors (Lipinski definition) is 0. The van der Waals surface area contributed by atoms with Crippen LogP contribution in [-0.4, -0.2) is 0 Å². The highest BCUT2D eigenvalue weighted by atomic mass is 19.2. The van der Waals surface area contributed by atoms with Crippen LogP contribution in [0.3, 0.4) is 0 Å². The van der Waals surface area contributed by atoms with Gasteiger partial charge in [-0.2, -0.15) is 0 Å². The maximum absolute atomic E-state index is 14.1. The molecule has 1 saturated carbocycles. The first-order chi connectivity index (χ1) is 6.14. The fraction of sp³-hybridized carbons (Fsp3) is 0.455. The molecule has 1 aromatic rings. The number of benzene rings is 1. The van der Waals surface area contributed by atoms with Gasteiger partial charge in [0.1, 0.15) is 11.3 Å². The molecule has 1 fully saturated rings. The number of fused-ring (bicyclic) bond motifs is 5. The predicted octanol–water partition coefficient (Wildman–Crippen LogP) is 3.21. The average molecular weight is 180 g/mol. The Morgan fingerprint density at radius 1 is 0.923 bits per heavy atom. The molecule has 0 spiro atoms. The summed E-state index contributed by atoms with van der Waals surface area (Å²) in [6, 6.07) is 7.00. The average Bonchev–Trinajstić information content (AvgIpc) is 2.55. The summed E-state index contributed by atoms with van der Waals surface area (Å²) in [6.45, 7) is 0. The molecule has 0 N–H and O–H groups in total. The van der Waals surface area contributed by atoms with Crippen molar-refractivity contribution in [2.45, 2.75) is 30.6 Å². The van der Waals surface area contributed by atoms with Crippen molar-refractivity contribution in [3.05, 3.63) is 35.4 Å². The van der Waals surface area contributed by atoms with Crippen LogP contribution in [0.25, 0.3) is 0 Å². The second-order valence-corrected chi connectivity index (χ2v) is 4.15. The third kappa shape index (κ3) is 0.742. The fourth-order valence-corrected chi connectivity index (χ4v) is 2.74. The molecule has 2 atom stereocenters. The van der Waals surface area contributed by atoms with E-state index in [0.29, 0.717) is 24.0 Å². The largest absolute Gasteiger partial charge is 0.239 e. The number of alkyl halides is 2. The summed E-state index contributed by atoms with van der Waals surface area (Å²) in [5, 5.41) is 0. The van der Waals surface area contributed by atoms with E-state index in [-0.39, 0.29) is 6.42 Å². The minimum absolute atomic E-state index is 0.0410. The number of halogens is 2. The summed E-state index contributed by atoms with van der Waals surface area (Å²) in [5.74, 6) is 0. The van der Waals surface area contributed by atoms with Gasteiger partial charge in [0.05, 0.1) is 0 Å². The Balaban J connectivity index is 2.31. The molecule has 2 aliphatic carbocycles. The van der Waals surface area contributed by atoms with Gasteiger partial charge in [-0.15, -0.1) is 0 Å². The summed E-state index contributed by atoms with van der Waals surface area (Å²) in [5.41, 5.74) is -1.57. The van der Waals surface area contributed by atoms with E-state index in [1.54, 1.807) is 24.3 Å². The van der Waals surface area contributed by atoms with Crippen LogP contribution >= 0.6 is 0 Å². The molecular weight excluding hydrogens is 170 g/mol. The molecule has 68 valence electrons. The third-order valence-corrected chi connectivity index (χ3v) is 3.37. The molecule has 0 saturated heterocycles. The van der Waals surface area contributed by atoms with E-state index in [4.69, 9.17) is 0 Å². The van der Waals surface area contributed by atoms with E-state index in [9.17, 15) is 8.78 Å². The zero-order chi connectivity index (χ0) is 9.10. The second-order valence-electron chi connectivity index (χ2n) is 4.15. The summed E-state index contributed by atoms with van der Waals surface area (Å²) < 4.78 is 28.2. The van der Waals surface area contributed by atoms with Gasteiger partial charge >= 0.3 is 0 Å². The quantitative estimate of drug-likeness (QED) is 0.575. The lowest BCUT2D eigenvalue weighted by Gasteiger charge is -2.21. The molecule has 2 bridgehead atoms. The van der Waals surface area contributed by atoms with E-state index >= 15 is 0 Å². The highest BCUT2D eigenvalue weighted by molar-refractivity contribution is 5.45. The van der Waals surface area contributed by atoms with E-state index in [2.05, 4.69) is 0 Å². The molecule has 3 rings (SSSR count). The molecule has 2 heteroatoms. The highest BCUT2D eigenvalue weighted by Gasteiger charge is 2.59. The molecule has 0 aromatic heterocycles. The lowest BCUT2D eigenvalue weighted by Crippen LogP contribution is -2.15. The molecule has 0 radical (unpaired) electrons. The summed E-state index contributed by atoms with van der Waals surface area (Å²) in [6.07, 6.45) is 0.736. The lowest BCUT2D eigenvalue weighted by atomic mass is 9.89. The van der Waals surface area contributed by atoms with Crippen LogP contribution < -0.4 is 0 Å². The Hall–Kier alpha value is -0.920. The molecule has 2 unspecified atom stereocenters. The van der Waals surface area contributed by atoms with Gasteiger partial charge in [0.25, 0.3) is 0 Å². The summed E-state index contributed by atoms with van der Waals surface area (Å²) in [4.78, 5) is 0. The van der Waals surface area contributed by atoms with Gasteiger partial charge in [-0.05, 0) is 24.0 Å². The van der Waals surface area contributed by atoms with Crippen LogP contribution in [0.2, 0.25) is 0 Å². The van der Waals surface area contributed by atoms with Crippen molar-refractivity contribution >= 4 is 0 Å². The molecule has 0 heterocycles. The molecule has 0 nitrogen and oxygen atoms in total. The van der Waals surface area contributed by atoms with E-state index in [0.717, 1.165) is 0 Å². The van der Waals surface area contributed by atoms with Crippen LogP contribution in [-0.2, 0) is 11.3 Å². The summed E-state index contributed by atoms with van der Waals surface area (Å²) in [7, 11) is 0. The van der Waals surface area contributed by atoms with Crippen LogP contribution in [0.1, 0.15) is 30.4 Å². The molecule has 13 heavy (non-hydrogen) atoms. The fourth-order valence-electron chi connectivity index (χ4n) is 2.74. The Bertz CT molecular complexity index is 339. The van der Waals surface area contributed by atoms with Gasteiger partial charge in [0.15, 0.2) is 0 Å². The molecule has 0 aliphatic heterocycles. The topological polar surface area (TPSA) is 0 Å². The van der Waals surface area contributed by atoms with Gasteiger partial charge < -0.3 is 0 Å². The summed E-state index contributed by atoms with van der Waals surface area (Å²) >= 11 is 0. The Morgan fingerprint density at radius 2 is 1.38 bits per heavy atom. The van der Waals surface area contributed by atoms with Gasteiger partial charge in [-0.3, -0.25) is 0 Å². The predicted molar refractivity (Wildman–Crippen MR) is 45.9 cm³/mol. The van der Waals surface area contributed by atoms with Crippen molar-refractivity contribution < 1.29 is 8.78 Å². The molecule has 2 aliphatic rings. The normalized spacial score (nSPS) is 40.8. The van der Waals surface area contributed by atoms with Crippen molar-refractivity contribution in [2.24, 2.45) is 0 Å². The first-order valence-electron chi connectivity index (χ1n) is 4.62. The number of rotatable bonds is 0. The van der Waals surface area contributed by atoms with E-state index in [1.165, 1.54) is 0 Å². The monoisotopic (exact) mass is 180 g/mol. The lowest BCUT2D eigenvalue weighted by molar-refractivity contribution is 0.144. The SMILES string of the molecule is FC12CCC(F)(C1)c1ccccc12. The standard InChI is InChI=1S/C11H10F2/c12-10-5-6-11(13,7-10)9-4-2-1-3-8(9)10/h1-4H,5-7H2. The smallest absolute Gasteiger partial charge is 0.139 e. The van der Waals surface area contributed by atoms with Gasteiger partial charge in [0.2, 0.25) is 0 Å². The van der Waals surface area contributed by atoms with Crippen molar-refractivity contribution in [3.8, 4) is 0 Å². The van der Waals surface area contributed by atoms with Crippen LogP contribution in [0.5, 0.6) is 0 Å². The highest BCUT2D eigenvalue weighted by Crippen LogP contribution is 2.61. The van der Waals surface area contributed by atoms with Crippen molar-refractivity contribution in [2.75, 3.05) is 0 Å². The minimum atomic E-state index is -1.37.